The Morgan fingerprint density at radius 3 is 2.71 bits per heavy atom. The summed E-state index contributed by atoms with van der Waals surface area (Å²) in [5.41, 5.74) is 0.722. The molecule has 2 saturated heterocycles. The molecule has 0 spiro atoms. The molecule has 2 atom stereocenters. The van der Waals surface area contributed by atoms with Crippen LogP contribution in [0.5, 0.6) is 5.75 Å². The van der Waals surface area contributed by atoms with E-state index in [0.717, 1.165) is 5.69 Å². The van der Waals surface area contributed by atoms with Crippen LogP contribution in [0.3, 0.4) is 0 Å². The van der Waals surface area contributed by atoms with Gasteiger partial charge in [-0.3, -0.25) is 4.79 Å². The van der Waals surface area contributed by atoms with Crippen LogP contribution in [-0.4, -0.2) is 48.9 Å². The van der Waals surface area contributed by atoms with Gasteiger partial charge >= 0.3 is 0 Å². The van der Waals surface area contributed by atoms with E-state index >= 15 is 0 Å². The molecule has 2 fully saturated rings. The van der Waals surface area contributed by atoms with Crippen molar-refractivity contribution in [1.29, 1.82) is 0 Å². The molecule has 2 aliphatic rings. The van der Waals surface area contributed by atoms with Gasteiger partial charge in [-0.15, -0.1) is 0 Å². The summed E-state index contributed by atoms with van der Waals surface area (Å²) in [6, 6.07) is 15.9. The number of nitrogens with zero attached hydrogens (tertiary/aromatic N) is 2. The standard InChI is InChI=1S/C19H17ClN2O4S2/c20-13-5-4-6-14(9-13)22-16-11-28(24,25)12-17(16)27-19(22)21-18(23)10-26-15-7-2-1-3-8-15/h1-9,16-17H,10-12H2/t16-,17-/m1/s1. The van der Waals surface area contributed by atoms with Crippen molar-refractivity contribution in [2.75, 3.05) is 23.0 Å². The van der Waals surface area contributed by atoms with Gasteiger partial charge in [0.15, 0.2) is 21.6 Å². The molecule has 2 heterocycles. The molecule has 1 amide bonds. The summed E-state index contributed by atoms with van der Waals surface area (Å²) >= 11 is 7.43. The van der Waals surface area contributed by atoms with Gasteiger partial charge in [-0.25, -0.2) is 8.42 Å². The molecule has 2 aromatic rings. The smallest absolute Gasteiger partial charge is 0.285 e. The fourth-order valence-corrected chi connectivity index (χ4v) is 7.41. The summed E-state index contributed by atoms with van der Waals surface area (Å²) in [5.74, 6) is 0.267. The number of benzene rings is 2. The maximum atomic E-state index is 12.4. The molecule has 2 aromatic carbocycles. The zero-order chi connectivity index (χ0) is 19.7. The molecule has 6 nitrogen and oxygen atoms in total. The zero-order valence-corrected chi connectivity index (χ0v) is 17.1. The van der Waals surface area contributed by atoms with E-state index in [1.807, 2.05) is 29.2 Å². The number of amides is 1. The number of amidine groups is 1. The first-order valence-corrected chi connectivity index (χ1v) is 11.7. The van der Waals surface area contributed by atoms with Crippen LogP contribution in [-0.2, 0) is 14.6 Å². The minimum atomic E-state index is -3.11. The van der Waals surface area contributed by atoms with Crippen molar-refractivity contribution in [3.05, 3.63) is 59.6 Å². The van der Waals surface area contributed by atoms with Gasteiger partial charge < -0.3 is 9.64 Å². The van der Waals surface area contributed by atoms with Gasteiger partial charge in [0, 0.05) is 16.0 Å². The summed E-state index contributed by atoms with van der Waals surface area (Å²) in [6.45, 7) is -0.189. The number of aliphatic imine (C=N–C) groups is 1. The average Bonchev–Trinajstić information content (AvgIpc) is 3.11. The fourth-order valence-electron chi connectivity index (χ4n) is 3.29. The number of sulfone groups is 1. The van der Waals surface area contributed by atoms with E-state index in [4.69, 9.17) is 16.3 Å². The number of hydrogen-bond acceptors (Lipinski definition) is 5. The topological polar surface area (TPSA) is 76.0 Å². The number of halogens is 1. The van der Waals surface area contributed by atoms with Gasteiger partial charge in [0.25, 0.3) is 5.91 Å². The van der Waals surface area contributed by atoms with Gasteiger partial charge in [-0.05, 0) is 30.3 Å². The molecule has 2 aliphatic heterocycles. The number of ether oxygens (including phenoxy) is 1. The Balaban J connectivity index is 1.58. The fraction of sp³-hybridized carbons (Fsp3) is 0.263. The molecule has 0 saturated carbocycles. The van der Waals surface area contributed by atoms with Crippen LogP contribution in [0.2, 0.25) is 5.02 Å². The van der Waals surface area contributed by atoms with Crippen molar-refractivity contribution in [2.24, 2.45) is 4.99 Å². The lowest BCUT2D eigenvalue weighted by Crippen LogP contribution is -2.37. The van der Waals surface area contributed by atoms with Crippen LogP contribution in [0.1, 0.15) is 0 Å². The van der Waals surface area contributed by atoms with Crippen molar-refractivity contribution < 1.29 is 17.9 Å². The molecule has 146 valence electrons. The van der Waals surface area contributed by atoms with Gasteiger partial charge in [-0.1, -0.05) is 47.6 Å². The number of rotatable bonds is 4. The molecule has 0 N–H and O–H groups in total. The van der Waals surface area contributed by atoms with Gasteiger partial charge in [0.05, 0.1) is 17.5 Å². The first-order chi connectivity index (χ1) is 13.4. The van der Waals surface area contributed by atoms with E-state index in [0.29, 0.717) is 15.9 Å². The second-order valence-corrected chi connectivity index (χ2v) is 10.3. The highest BCUT2D eigenvalue weighted by Gasteiger charge is 2.49. The second-order valence-electron chi connectivity index (χ2n) is 6.54. The first-order valence-electron chi connectivity index (χ1n) is 8.62. The largest absolute Gasteiger partial charge is 0.484 e. The van der Waals surface area contributed by atoms with Crippen molar-refractivity contribution in [3.8, 4) is 5.75 Å². The number of carbonyl (C=O) groups excluding carboxylic acids is 1. The van der Waals surface area contributed by atoms with Crippen LogP contribution in [0.4, 0.5) is 5.69 Å². The quantitative estimate of drug-likeness (QED) is 0.733. The third kappa shape index (κ3) is 4.19. The molecule has 9 heteroatoms. The first kappa shape index (κ1) is 19.3. The van der Waals surface area contributed by atoms with E-state index in [2.05, 4.69) is 4.99 Å². The summed E-state index contributed by atoms with van der Waals surface area (Å²) in [5, 5.41) is 0.851. The van der Waals surface area contributed by atoms with Gasteiger partial charge in [-0.2, -0.15) is 4.99 Å². The number of fused-ring (bicyclic) bond motifs is 1. The van der Waals surface area contributed by atoms with Gasteiger partial charge in [0.1, 0.15) is 5.75 Å². The van der Waals surface area contributed by atoms with Crippen LogP contribution in [0.25, 0.3) is 0 Å². The Morgan fingerprint density at radius 2 is 1.96 bits per heavy atom. The minimum Gasteiger partial charge on any atom is -0.484 e. The second kappa shape index (κ2) is 7.77. The molecule has 0 aromatic heterocycles. The van der Waals surface area contributed by atoms with Crippen LogP contribution in [0, 0.1) is 0 Å². The summed E-state index contributed by atoms with van der Waals surface area (Å²) in [4.78, 5) is 18.4. The lowest BCUT2D eigenvalue weighted by molar-refractivity contribution is -0.119. The Bertz CT molecular complexity index is 1030. The Hall–Kier alpha value is -2.03. The summed E-state index contributed by atoms with van der Waals surface area (Å²) in [7, 11) is -3.11. The molecule has 0 radical (unpaired) electrons. The van der Waals surface area contributed by atoms with Crippen molar-refractivity contribution in [1.82, 2.24) is 0 Å². The number of thioether (sulfide) groups is 1. The minimum absolute atomic E-state index is 0.0326. The van der Waals surface area contributed by atoms with Crippen molar-refractivity contribution in [3.63, 3.8) is 0 Å². The van der Waals surface area contributed by atoms with E-state index in [-0.39, 0.29) is 29.4 Å². The van der Waals surface area contributed by atoms with Crippen molar-refractivity contribution in [2.45, 2.75) is 11.3 Å². The third-order valence-corrected chi connectivity index (χ3v) is 7.92. The maximum Gasteiger partial charge on any atom is 0.285 e. The van der Waals surface area contributed by atoms with E-state index in [1.54, 1.807) is 30.3 Å². The van der Waals surface area contributed by atoms with E-state index in [1.165, 1.54) is 11.8 Å². The van der Waals surface area contributed by atoms with E-state index < -0.39 is 15.7 Å². The third-order valence-electron chi connectivity index (χ3n) is 4.48. The van der Waals surface area contributed by atoms with E-state index in [9.17, 15) is 13.2 Å². The Kier molecular flexibility index (Phi) is 5.35. The van der Waals surface area contributed by atoms with Crippen LogP contribution >= 0.6 is 23.4 Å². The lowest BCUT2D eigenvalue weighted by Gasteiger charge is -2.24. The average molecular weight is 437 g/mol. The molecular weight excluding hydrogens is 420 g/mol. The predicted molar refractivity (Wildman–Crippen MR) is 112 cm³/mol. The maximum absolute atomic E-state index is 12.4. The Morgan fingerprint density at radius 1 is 1.18 bits per heavy atom. The van der Waals surface area contributed by atoms with Crippen LogP contribution < -0.4 is 9.64 Å². The zero-order valence-electron chi connectivity index (χ0n) is 14.7. The summed E-state index contributed by atoms with van der Waals surface area (Å²) in [6.07, 6.45) is 0. The molecule has 0 aliphatic carbocycles. The normalized spacial score (nSPS) is 24.3. The number of carbonyl (C=O) groups is 1. The lowest BCUT2D eigenvalue weighted by atomic mass is 10.2. The SMILES string of the molecule is O=C(COc1ccccc1)N=C1S[C@@H]2CS(=O)(=O)C[C@H]2N1c1cccc(Cl)c1. The molecular formula is C19H17ClN2O4S2. The molecule has 4 rings (SSSR count). The molecule has 0 unspecified atom stereocenters. The molecule has 28 heavy (non-hydrogen) atoms. The Labute approximate surface area is 172 Å². The highest BCUT2D eigenvalue weighted by Crippen LogP contribution is 2.41. The predicted octanol–water partition coefficient (Wildman–Crippen LogP) is 3.02. The van der Waals surface area contributed by atoms with Gasteiger partial charge in [0.2, 0.25) is 0 Å². The molecule has 0 bridgehead atoms. The monoisotopic (exact) mass is 436 g/mol. The number of anilines is 1. The highest BCUT2D eigenvalue weighted by atomic mass is 35.5. The highest BCUT2D eigenvalue weighted by molar-refractivity contribution is 8.16. The van der Waals surface area contributed by atoms with Crippen LogP contribution in [0.15, 0.2) is 59.6 Å². The number of hydrogen-bond donors (Lipinski definition) is 0. The summed E-state index contributed by atoms with van der Waals surface area (Å²) < 4.78 is 29.6. The number of para-hydroxylation sites is 1. The van der Waals surface area contributed by atoms with Crippen molar-refractivity contribution >= 4 is 50.0 Å².